The van der Waals surface area contributed by atoms with Crippen LogP contribution in [0.1, 0.15) is 5.56 Å². The highest BCUT2D eigenvalue weighted by Crippen LogP contribution is 2.37. The first-order valence-electron chi connectivity index (χ1n) is 5.62. The van der Waals surface area contributed by atoms with E-state index < -0.39 is 4.92 Å². The minimum absolute atomic E-state index is 0.0415. The molecule has 0 aliphatic carbocycles. The summed E-state index contributed by atoms with van der Waals surface area (Å²) < 4.78 is 6.80. The Morgan fingerprint density at radius 2 is 2.00 bits per heavy atom. The van der Waals surface area contributed by atoms with E-state index in [4.69, 9.17) is 10.5 Å². The fourth-order valence-corrected chi connectivity index (χ4v) is 2.61. The maximum atomic E-state index is 10.9. The first-order chi connectivity index (χ1) is 9.52. The van der Waals surface area contributed by atoms with Crippen LogP contribution in [0.15, 0.2) is 45.3 Å². The zero-order chi connectivity index (χ0) is 14.7. The number of hydrogen-bond acceptors (Lipinski definition) is 4. The van der Waals surface area contributed by atoms with Crippen molar-refractivity contribution in [3.8, 4) is 11.5 Å². The normalized spacial score (nSPS) is 10.3. The largest absolute Gasteiger partial charge is 0.456 e. The number of hydrogen-bond donors (Lipinski definition) is 1. The topological polar surface area (TPSA) is 78.4 Å². The van der Waals surface area contributed by atoms with E-state index in [-0.39, 0.29) is 5.69 Å². The number of nitro groups is 1. The van der Waals surface area contributed by atoms with Gasteiger partial charge in [0.2, 0.25) is 0 Å². The Balaban J connectivity index is 2.33. The van der Waals surface area contributed by atoms with E-state index in [1.165, 1.54) is 6.07 Å². The summed E-state index contributed by atoms with van der Waals surface area (Å²) in [5, 5.41) is 10.9. The Kier molecular flexibility index (Phi) is 4.74. The van der Waals surface area contributed by atoms with Crippen molar-refractivity contribution in [2.45, 2.75) is 6.54 Å². The highest BCUT2D eigenvalue weighted by Gasteiger charge is 2.16. The second-order valence-corrected chi connectivity index (χ2v) is 5.55. The molecule has 2 aromatic carbocycles. The molecule has 104 valence electrons. The lowest BCUT2D eigenvalue weighted by molar-refractivity contribution is -0.385. The molecule has 0 atom stereocenters. The Morgan fingerprint density at radius 1 is 1.25 bits per heavy atom. The highest BCUT2D eigenvalue weighted by molar-refractivity contribution is 9.11. The van der Waals surface area contributed by atoms with Crippen molar-refractivity contribution in [3.63, 3.8) is 0 Å². The quantitative estimate of drug-likeness (QED) is 0.609. The Labute approximate surface area is 132 Å². The van der Waals surface area contributed by atoms with Crippen LogP contribution in [0.2, 0.25) is 0 Å². The zero-order valence-corrected chi connectivity index (χ0v) is 13.3. The van der Waals surface area contributed by atoms with Crippen LogP contribution < -0.4 is 10.5 Å². The van der Waals surface area contributed by atoms with Gasteiger partial charge in [0.25, 0.3) is 5.69 Å². The standard InChI is InChI=1S/C13H10Br2N2O3/c14-10-6-9(5-4-8(10)7-16)20-12-3-1-2-11(13(12)15)17(18)19/h1-6H,7,16H2. The first-order valence-corrected chi connectivity index (χ1v) is 7.20. The Morgan fingerprint density at radius 3 is 2.60 bits per heavy atom. The zero-order valence-electron chi connectivity index (χ0n) is 10.2. The van der Waals surface area contributed by atoms with E-state index in [1.807, 2.05) is 6.07 Å². The van der Waals surface area contributed by atoms with Gasteiger partial charge in [0.05, 0.1) is 4.92 Å². The van der Waals surface area contributed by atoms with Gasteiger partial charge in [0.15, 0.2) is 0 Å². The van der Waals surface area contributed by atoms with E-state index in [0.29, 0.717) is 22.5 Å². The molecule has 0 fully saturated rings. The van der Waals surface area contributed by atoms with Crippen molar-refractivity contribution in [2.75, 3.05) is 0 Å². The molecule has 0 saturated heterocycles. The van der Waals surface area contributed by atoms with Crippen LogP contribution >= 0.6 is 31.9 Å². The molecule has 0 saturated carbocycles. The second-order valence-electron chi connectivity index (χ2n) is 3.91. The second kappa shape index (κ2) is 6.34. The number of ether oxygens (including phenoxy) is 1. The van der Waals surface area contributed by atoms with Crippen molar-refractivity contribution in [3.05, 3.63) is 61.0 Å². The Hall–Kier alpha value is -1.44. The maximum absolute atomic E-state index is 10.9. The maximum Gasteiger partial charge on any atom is 0.287 e. The van der Waals surface area contributed by atoms with Crippen molar-refractivity contribution in [1.29, 1.82) is 0 Å². The molecule has 7 heteroatoms. The van der Waals surface area contributed by atoms with Crippen LogP contribution in [0.25, 0.3) is 0 Å². The number of rotatable bonds is 4. The molecule has 2 N–H and O–H groups in total. The molecule has 0 radical (unpaired) electrons. The van der Waals surface area contributed by atoms with Gasteiger partial charge in [-0.15, -0.1) is 0 Å². The van der Waals surface area contributed by atoms with Gasteiger partial charge >= 0.3 is 0 Å². The third-order valence-corrected chi connectivity index (χ3v) is 4.15. The summed E-state index contributed by atoms with van der Waals surface area (Å²) in [5.41, 5.74) is 6.49. The predicted octanol–water partition coefficient (Wildman–Crippen LogP) is 4.37. The molecule has 0 unspecified atom stereocenters. The van der Waals surface area contributed by atoms with Gasteiger partial charge in [-0.05, 0) is 39.7 Å². The Bertz CT molecular complexity index is 662. The molecule has 20 heavy (non-hydrogen) atoms. The molecule has 0 bridgehead atoms. The molecule has 2 aromatic rings. The number of nitrogens with two attached hydrogens (primary N) is 1. The van der Waals surface area contributed by atoms with Gasteiger partial charge < -0.3 is 10.5 Å². The average Bonchev–Trinajstić information content (AvgIpc) is 2.41. The van der Waals surface area contributed by atoms with E-state index in [9.17, 15) is 10.1 Å². The lowest BCUT2D eigenvalue weighted by Gasteiger charge is -2.09. The lowest BCUT2D eigenvalue weighted by Crippen LogP contribution is -1.97. The van der Waals surface area contributed by atoms with Crippen molar-refractivity contribution in [1.82, 2.24) is 0 Å². The van der Waals surface area contributed by atoms with Crippen LogP contribution in [0.4, 0.5) is 5.69 Å². The molecule has 0 heterocycles. The van der Waals surface area contributed by atoms with Gasteiger partial charge in [-0.3, -0.25) is 10.1 Å². The summed E-state index contributed by atoms with van der Waals surface area (Å²) in [6.45, 7) is 0.418. The van der Waals surface area contributed by atoms with Gasteiger partial charge in [0.1, 0.15) is 16.0 Å². The van der Waals surface area contributed by atoms with Crippen LogP contribution in [-0.2, 0) is 6.54 Å². The SMILES string of the molecule is NCc1ccc(Oc2cccc([N+](=O)[O-])c2Br)cc1Br. The van der Waals surface area contributed by atoms with Crippen LogP contribution in [0, 0.1) is 10.1 Å². The molecular weight excluding hydrogens is 392 g/mol. The highest BCUT2D eigenvalue weighted by atomic mass is 79.9. The van der Waals surface area contributed by atoms with Crippen molar-refractivity contribution >= 4 is 37.5 Å². The summed E-state index contributed by atoms with van der Waals surface area (Å²) in [5.74, 6) is 0.946. The molecule has 0 aliphatic rings. The molecule has 0 aliphatic heterocycles. The first kappa shape index (κ1) is 15.0. The fraction of sp³-hybridized carbons (Fsp3) is 0.0769. The van der Waals surface area contributed by atoms with E-state index in [0.717, 1.165) is 10.0 Å². The van der Waals surface area contributed by atoms with Crippen molar-refractivity contribution < 1.29 is 9.66 Å². The van der Waals surface area contributed by atoms with Gasteiger partial charge in [-0.1, -0.05) is 28.1 Å². The van der Waals surface area contributed by atoms with Crippen LogP contribution in [0.5, 0.6) is 11.5 Å². The number of nitrogens with zero attached hydrogens (tertiary/aromatic N) is 1. The summed E-state index contributed by atoms with van der Waals surface area (Å²) in [6, 6.07) is 10.0. The lowest BCUT2D eigenvalue weighted by atomic mass is 10.2. The minimum Gasteiger partial charge on any atom is -0.456 e. The molecule has 0 amide bonds. The molecule has 5 nitrogen and oxygen atoms in total. The number of nitro benzene ring substituents is 1. The van der Waals surface area contributed by atoms with Crippen LogP contribution in [-0.4, -0.2) is 4.92 Å². The summed E-state index contributed by atoms with van der Waals surface area (Å²) in [6.07, 6.45) is 0. The molecule has 0 spiro atoms. The summed E-state index contributed by atoms with van der Waals surface area (Å²) >= 11 is 6.58. The smallest absolute Gasteiger partial charge is 0.287 e. The third kappa shape index (κ3) is 3.17. The molecule has 2 rings (SSSR count). The van der Waals surface area contributed by atoms with Crippen molar-refractivity contribution in [2.24, 2.45) is 5.73 Å². The predicted molar refractivity (Wildman–Crippen MR) is 82.9 cm³/mol. The fourth-order valence-electron chi connectivity index (χ4n) is 1.60. The van der Waals surface area contributed by atoms with Gasteiger partial charge in [-0.25, -0.2) is 0 Å². The van der Waals surface area contributed by atoms with Gasteiger partial charge in [0, 0.05) is 17.1 Å². The van der Waals surface area contributed by atoms with E-state index in [2.05, 4.69) is 31.9 Å². The summed E-state index contributed by atoms with van der Waals surface area (Å²) in [4.78, 5) is 10.4. The average molecular weight is 402 g/mol. The number of benzene rings is 2. The number of halogens is 2. The minimum atomic E-state index is -0.468. The summed E-state index contributed by atoms with van der Waals surface area (Å²) in [7, 11) is 0. The molecule has 0 aromatic heterocycles. The van der Waals surface area contributed by atoms with E-state index in [1.54, 1.807) is 24.3 Å². The van der Waals surface area contributed by atoms with Gasteiger partial charge in [-0.2, -0.15) is 0 Å². The molecular formula is C13H10Br2N2O3. The van der Waals surface area contributed by atoms with E-state index >= 15 is 0 Å². The third-order valence-electron chi connectivity index (χ3n) is 2.61. The van der Waals surface area contributed by atoms with Crippen LogP contribution in [0.3, 0.4) is 0 Å². The monoisotopic (exact) mass is 400 g/mol.